The zero-order chi connectivity index (χ0) is 22.6. The second kappa shape index (κ2) is 10.0. The average Bonchev–Trinajstić information content (AvgIpc) is 2.70. The van der Waals surface area contributed by atoms with Gasteiger partial charge in [-0.3, -0.25) is 4.79 Å². The van der Waals surface area contributed by atoms with E-state index in [1.807, 2.05) is 6.92 Å². The molecule has 3 aromatic rings. The molecule has 0 fully saturated rings. The largest absolute Gasteiger partial charge is 0.324 e. The van der Waals surface area contributed by atoms with Gasteiger partial charge in [0.2, 0.25) is 15.9 Å². The van der Waals surface area contributed by atoms with Crippen molar-refractivity contribution in [3.63, 3.8) is 0 Å². The van der Waals surface area contributed by atoms with E-state index in [-0.39, 0.29) is 16.5 Å². The summed E-state index contributed by atoms with van der Waals surface area (Å²) in [5, 5.41) is 3.79. The molecule has 0 aliphatic carbocycles. The highest BCUT2D eigenvalue weighted by molar-refractivity contribution is 7.89. The first-order chi connectivity index (χ1) is 14.6. The summed E-state index contributed by atoms with van der Waals surface area (Å²) >= 11 is 18.0. The van der Waals surface area contributed by atoms with Gasteiger partial charge in [-0.2, -0.15) is 4.31 Å². The molecule has 0 aliphatic rings. The number of carbonyl (C=O) groups is 1. The molecular formula is C22H19Cl3N2O3S. The van der Waals surface area contributed by atoms with Crippen LogP contribution in [0.5, 0.6) is 0 Å². The fourth-order valence-electron chi connectivity index (χ4n) is 2.86. The van der Waals surface area contributed by atoms with E-state index in [2.05, 4.69) is 5.32 Å². The van der Waals surface area contributed by atoms with Gasteiger partial charge in [0.15, 0.2) is 0 Å². The lowest BCUT2D eigenvalue weighted by Gasteiger charge is -2.22. The Morgan fingerprint density at radius 1 is 0.935 bits per heavy atom. The van der Waals surface area contributed by atoms with Gasteiger partial charge in [0.1, 0.15) is 0 Å². The molecule has 0 bridgehead atoms. The van der Waals surface area contributed by atoms with Crippen LogP contribution in [0, 0.1) is 6.92 Å². The molecule has 3 aromatic carbocycles. The maximum absolute atomic E-state index is 13.3. The van der Waals surface area contributed by atoms with Crippen LogP contribution in [0.25, 0.3) is 0 Å². The minimum atomic E-state index is -3.96. The van der Waals surface area contributed by atoms with Gasteiger partial charge in [-0.1, -0.05) is 64.6 Å². The normalized spacial score (nSPS) is 11.5. The zero-order valence-corrected chi connectivity index (χ0v) is 19.6. The van der Waals surface area contributed by atoms with Crippen LogP contribution in [0.15, 0.2) is 71.6 Å². The first kappa shape index (κ1) is 23.6. The van der Waals surface area contributed by atoms with E-state index in [0.29, 0.717) is 21.3 Å². The highest BCUT2D eigenvalue weighted by atomic mass is 35.5. The van der Waals surface area contributed by atoms with Crippen molar-refractivity contribution in [2.45, 2.75) is 18.4 Å². The number of hydrogen-bond donors (Lipinski definition) is 1. The third-order valence-corrected chi connectivity index (χ3v) is 7.02. The van der Waals surface area contributed by atoms with E-state index in [9.17, 15) is 13.2 Å². The van der Waals surface area contributed by atoms with Crippen molar-refractivity contribution in [1.29, 1.82) is 0 Å². The Labute approximate surface area is 196 Å². The Balaban J connectivity index is 1.89. The molecular weight excluding hydrogens is 479 g/mol. The fraction of sp³-hybridized carbons (Fsp3) is 0.136. The van der Waals surface area contributed by atoms with Crippen LogP contribution in [-0.2, 0) is 21.4 Å². The predicted molar refractivity (Wildman–Crippen MR) is 125 cm³/mol. The number of amides is 1. The number of benzene rings is 3. The molecule has 5 nitrogen and oxygen atoms in total. The van der Waals surface area contributed by atoms with Gasteiger partial charge in [-0.15, -0.1) is 0 Å². The number of hydrogen-bond acceptors (Lipinski definition) is 3. The molecule has 0 saturated heterocycles. The fourth-order valence-corrected chi connectivity index (χ4v) is 4.92. The Kier molecular flexibility index (Phi) is 7.62. The first-order valence-electron chi connectivity index (χ1n) is 9.21. The number of sulfonamides is 1. The number of rotatable bonds is 7. The molecule has 0 radical (unpaired) electrons. The van der Waals surface area contributed by atoms with Crippen molar-refractivity contribution < 1.29 is 13.2 Å². The molecule has 0 atom stereocenters. The minimum absolute atomic E-state index is 0.0292. The number of anilines is 1. The van der Waals surface area contributed by atoms with Crippen LogP contribution < -0.4 is 5.32 Å². The van der Waals surface area contributed by atoms with E-state index in [1.165, 1.54) is 18.2 Å². The molecule has 0 aliphatic heterocycles. The Hall–Kier alpha value is -2.09. The van der Waals surface area contributed by atoms with Crippen molar-refractivity contribution in [2.24, 2.45) is 0 Å². The summed E-state index contributed by atoms with van der Waals surface area (Å²) < 4.78 is 27.7. The van der Waals surface area contributed by atoms with Gasteiger partial charge in [0, 0.05) is 16.6 Å². The van der Waals surface area contributed by atoms with E-state index < -0.39 is 22.5 Å². The monoisotopic (exact) mass is 496 g/mol. The topological polar surface area (TPSA) is 66.5 Å². The van der Waals surface area contributed by atoms with Crippen molar-refractivity contribution in [3.8, 4) is 0 Å². The standard InChI is InChI=1S/C22H19Cl3N2O3S/c1-15-5-8-19(9-6-15)31(29,30)27(13-16-3-2-4-17(23)11-16)14-22(28)26-21-10-7-18(24)12-20(21)25/h2-12H,13-14H2,1H3,(H,26,28). The Morgan fingerprint density at radius 2 is 1.61 bits per heavy atom. The van der Waals surface area contributed by atoms with Crippen LogP contribution in [0.4, 0.5) is 5.69 Å². The minimum Gasteiger partial charge on any atom is -0.324 e. The number of nitrogens with one attached hydrogen (secondary N) is 1. The molecule has 0 saturated carbocycles. The molecule has 162 valence electrons. The summed E-state index contributed by atoms with van der Waals surface area (Å²) in [6.07, 6.45) is 0. The van der Waals surface area contributed by atoms with Crippen LogP contribution in [0.3, 0.4) is 0 Å². The smallest absolute Gasteiger partial charge is 0.243 e. The molecule has 0 spiro atoms. The second-order valence-electron chi connectivity index (χ2n) is 6.89. The van der Waals surface area contributed by atoms with Gasteiger partial charge in [0.25, 0.3) is 0 Å². The third-order valence-electron chi connectivity index (χ3n) is 4.43. The lowest BCUT2D eigenvalue weighted by molar-refractivity contribution is -0.116. The predicted octanol–water partition coefficient (Wildman–Crippen LogP) is 5.78. The van der Waals surface area contributed by atoms with Crippen LogP contribution in [-0.4, -0.2) is 25.2 Å². The Morgan fingerprint density at radius 3 is 2.26 bits per heavy atom. The number of aryl methyl sites for hydroxylation is 1. The molecule has 31 heavy (non-hydrogen) atoms. The lowest BCUT2D eigenvalue weighted by Crippen LogP contribution is -2.37. The number of nitrogens with zero attached hydrogens (tertiary/aromatic N) is 1. The average molecular weight is 498 g/mol. The van der Waals surface area contributed by atoms with Crippen molar-refractivity contribution in [1.82, 2.24) is 4.31 Å². The zero-order valence-electron chi connectivity index (χ0n) is 16.5. The molecule has 1 amide bonds. The summed E-state index contributed by atoms with van der Waals surface area (Å²) in [5.74, 6) is -0.540. The van der Waals surface area contributed by atoms with Gasteiger partial charge < -0.3 is 5.32 Å². The highest BCUT2D eigenvalue weighted by Gasteiger charge is 2.27. The third kappa shape index (κ3) is 6.21. The molecule has 1 N–H and O–H groups in total. The van der Waals surface area contributed by atoms with Gasteiger partial charge >= 0.3 is 0 Å². The van der Waals surface area contributed by atoms with Crippen LogP contribution >= 0.6 is 34.8 Å². The van der Waals surface area contributed by atoms with Crippen molar-refractivity contribution in [3.05, 3.63) is 92.9 Å². The van der Waals surface area contributed by atoms with Crippen LogP contribution in [0.2, 0.25) is 15.1 Å². The second-order valence-corrected chi connectivity index (χ2v) is 10.1. The maximum Gasteiger partial charge on any atom is 0.243 e. The van der Waals surface area contributed by atoms with Gasteiger partial charge in [-0.25, -0.2) is 8.42 Å². The summed E-state index contributed by atoms with van der Waals surface area (Å²) in [7, 11) is -3.96. The van der Waals surface area contributed by atoms with E-state index in [4.69, 9.17) is 34.8 Å². The molecule has 3 rings (SSSR count). The SMILES string of the molecule is Cc1ccc(S(=O)(=O)N(CC(=O)Nc2ccc(Cl)cc2Cl)Cc2cccc(Cl)c2)cc1. The van der Waals surface area contributed by atoms with E-state index in [1.54, 1.807) is 48.5 Å². The highest BCUT2D eigenvalue weighted by Crippen LogP contribution is 2.26. The maximum atomic E-state index is 13.3. The summed E-state index contributed by atoms with van der Waals surface area (Å²) in [6, 6.07) is 17.9. The van der Waals surface area contributed by atoms with Gasteiger partial charge in [0.05, 0.1) is 22.2 Å². The first-order valence-corrected chi connectivity index (χ1v) is 11.8. The number of carbonyl (C=O) groups excluding carboxylic acids is 1. The van der Waals surface area contributed by atoms with Crippen LogP contribution in [0.1, 0.15) is 11.1 Å². The molecule has 0 aromatic heterocycles. The Bertz CT molecular complexity index is 1200. The lowest BCUT2D eigenvalue weighted by atomic mass is 10.2. The van der Waals surface area contributed by atoms with Crippen molar-refractivity contribution in [2.75, 3.05) is 11.9 Å². The molecule has 9 heteroatoms. The summed E-state index contributed by atoms with van der Waals surface area (Å²) in [6.45, 7) is 1.42. The van der Waals surface area contributed by atoms with E-state index in [0.717, 1.165) is 9.87 Å². The van der Waals surface area contributed by atoms with Crippen molar-refractivity contribution >= 4 is 56.4 Å². The number of halogens is 3. The summed E-state index contributed by atoms with van der Waals surface area (Å²) in [4.78, 5) is 12.8. The molecule has 0 unspecified atom stereocenters. The quantitative estimate of drug-likeness (QED) is 0.449. The molecule has 0 heterocycles. The van der Waals surface area contributed by atoms with E-state index >= 15 is 0 Å². The van der Waals surface area contributed by atoms with Gasteiger partial charge in [-0.05, 0) is 55.0 Å². The summed E-state index contributed by atoms with van der Waals surface area (Å²) in [5.41, 5.74) is 1.92.